The summed E-state index contributed by atoms with van der Waals surface area (Å²) in [5.41, 5.74) is 2.97. The minimum atomic E-state index is -0.180. The van der Waals surface area contributed by atoms with Crippen LogP contribution >= 0.6 is 11.6 Å². The van der Waals surface area contributed by atoms with E-state index < -0.39 is 0 Å². The number of halogens is 1. The summed E-state index contributed by atoms with van der Waals surface area (Å²) in [6.07, 6.45) is 1.84. The molecule has 1 unspecified atom stereocenters. The van der Waals surface area contributed by atoms with Gasteiger partial charge >= 0.3 is 5.97 Å². The third kappa shape index (κ3) is 3.71. The molecule has 26 heavy (non-hydrogen) atoms. The Bertz CT molecular complexity index is 787. The van der Waals surface area contributed by atoms with Crippen molar-refractivity contribution in [3.05, 3.63) is 64.7 Å². The second kappa shape index (κ2) is 7.68. The van der Waals surface area contributed by atoms with Crippen LogP contribution in [0.5, 0.6) is 0 Å². The molecule has 0 radical (unpaired) electrons. The van der Waals surface area contributed by atoms with Gasteiger partial charge in [0.1, 0.15) is 6.10 Å². The second-order valence-corrected chi connectivity index (χ2v) is 7.37. The summed E-state index contributed by atoms with van der Waals surface area (Å²) >= 11 is 6.10. The van der Waals surface area contributed by atoms with Gasteiger partial charge in [0.25, 0.3) is 0 Å². The Morgan fingerprint density at radius 2 is 1.85 bits per heavy atom. The van der Waals surface area contributed by atoms with E-state index in [9.17, 15) is 4.79 Å². The standard InChI is InChI=1S/C21H23ClN2O2/c22-16-5-3-6-17(15-16)24-13-11-23(12-14-24)10-4-9-20-18-7-1-2-8-19(18)21(25)26-20/h1-3,5-8,15,20H,4,9-14H2. The van der Waals surface area contributed by atoms with Gasteiger partial charge in [-0.15, -0.1) is 0 Å². The number of benzene rings is 2. The van der Waals surface area contributed by atoms with E-state index in [1.165, 1.54) is 5.69 Å². The van der Waals surface area contributed by atoms with Gasteiger partial charge in [-0.1, -0.05) is 35.9 Å². The van der Waals surface area contributed by atoms with E-state index in [0.29, 0.717) is 0 Å². The van der Waals surface area contributed by atoms with Crippen LogP contribution in [-0.4, -0.2) is 43.6 Å². The number of rotatable bonds is 5. The maximum atomic E-state index is 11.9. The number of esters is 1. The maximum absolute atomic E-state index is 11.9. The van der Waals surface area contributed by atoms with Crippen LogP contribution in [0.25, 0.3) is 0 Å². The fourth-order valence-electron chi connectivity index (χ4n) is 3.84. The number of anilines is 1. The summed E-state index contributed by atoms with van der Waals surface area (Å²) in [6.45, 7) is 5.17. The number of hydrogen-bond donors (Lipinski definition) is 0. The Labute approximate surface area is 159 Å². The van der Waals surface area contributed by atoms with Crippen LogP contribution in [0.4, 0.5) is 5.69 Å². The highest BCUT2D eigenvalue weighted by atomic mass is 35.5. The first-order chi connectivity index (χ1) is 12.7. The van der Waals surface area contributed by atoms with Crippen molar-refractivity contribution < 1.29 is 9.53 Å². The number of piperazine rings is 1. The molecule has 4 rings (SSSR count). The molecule has 0 aliphatic carbocycles. The van der Waals surface area contributed by atoms with E-state index in [1.807, 2.05) is 42.5 Å². The molecule has 4 nitrogen and oxygen atoms in total. The molecule has 0 aromatic heterocycles. The minimum Gasteiger partial charge on any atom is -0.454 e. The van der Waals surface area contributed by atoms with Crippen LogP contribution < -0.4 is 4.90 Å². The Balaban J connectivity index is 1.24. The normalized spacial score (nSPS) is 20.1. The average molecular weight is 371 g/mol. The highest BCUT2D eigenvalue weighted by Gasteiger charge is 2.30. The number of ether oxygens (including phenoxy) is 1. The van der Waals surface area contributed by atoms with Crippen LogP contribution in [0.15, 0.2) is 48.5 Å². The molecular formula is C21H23ClN2O2. The van der Waals surface area contributed by atoms with Crippen molar-refractivity contribution in [2.75, 3.05) is 37.6 Å². The molecule has 5 heteroatoms. The van der Waals surface area contributed by atoms with Crippen LogP contribution in [-0.2, 0) is 4.74 Å². The summed E-state index contributed by atoms with van der Waals surface area (Å²) in [6, 6.07) is 15.8. The monoisotopic (exact) mass is 370 g/mol. The summed E-state index contributed by atoms with van der Waals surface area (Å²) in [5.74, 6) is -0.180. The van der Waals surface area contributed by atoms with Gasteiger partial charge in [-0.05, 0) is 43.7 Å². The largest absolute Gasteiger partial charge is 0.454 e. The van der Waals surface area contributed by atoms with E-state index in [-0.39, 0.29) is 12.1 Å². The van der Waals surface area contributed by atoms with E-state index in [0.717, 1.165) is 61.7 Å². The zero-order chi connectivity index (χ0) is 17.9. The third-order valence-corrected chi connectivity index (χ3v) is 5.50. The fraction of sp³-hybridized carbons (Fsp3) is 0.381. The first-order valence-electron chi connectivity index (χ1n) is 9.23. The SMILES string of the molecule is O=C1OC(CCCN2CCN(c3cccc(Cl)c3)CC2)c2ccccc21. The molecule has 0 spiro atoms. The molecule has 2 aromatic carbocycles. The number of hydrogen-bond acceptors (Lipinski definition) is 4. The molecule has 2 aromatic rings. The predicted octanol–water partition coefficient (Wildman–Crippen LogP) is 4.15. The molecule has 0 bridgehead atoms. The first kappa shape index (κ1) is 17.4. The maximum Gasteiger partial charge on any atom is 0.339 e. The lowest BCUT2D eigenvalue weighted by Crippen LogP contribution is -2.46. The van der Waals surface area contributed by atoms with E-state index in [2.05, 4.69) is 15.9 Å². The van der Waals surface area contributed by atoms with Crippen molar-refractivity contribution >= 4 is 23.3 Å². The summed E-state index contributed by atoms with van der Waals surface area (Å²) in [4.78, 5) is 16.8. The number of carbonyl (C=O) groups excluding carboxylic acids is 1. The van der Waals surface area contributed by atoms with Gasteiger partial charge in [0.2, 0.25) is 0 Å². The number of carbonyl (C=O) groups is 1. The number of fused-ring (bicyclic) bond motifs is 1. The van der Waals surface area contributed by atoms with Crippen LogP contribution in [0.3, 0.4) is 0 Å². The second-order valence-electron chi connectivity index (χ2n) is 6.93. The fourth-order valence-corrected chi connectivity index (χ4v) is 4.02. The first-order valence-corrected chi connectivity index (χ1v) is 9.61. The smallest absolute Gasteiger partial charge is 0.339 e. The van der Waals surface area contributed by atoms with Crippen molar-refractivity contribution in [3.8, 4) is 0 Å². The van der Waals surface area contributed by atoms with E-state index >= 15 is 0 Å². The van der Waals surface area contributed by atoms with Crippen LogP contribution in [0.1, 0.15) is 34.9 Å². The number of nitrogens with zero attached hydrogens (tertiary/aromatic N) is 2. The molecule has 2 aliphatic heterocycles. The van der Waals surface area contributed by atoms with Gasteiger partial charge in [-0.3, -0.25) is 4.90 Å². The lowest BCUT2D eigenvalue weighted by atomic mass is 10.0. The van der Waals surface area contributed by atoms with Crippen LogP contribution in [0, 0.1) is 0 Å². The molecule has 2 heterocycles. The average Bonchev–Trinajstić information content (AvgIpc) is 2.99. The van der Waals surface area contributed by atoms with Crippen molar-refractivity contribution in [3.63, 3.8) is 0 Å². The van der Waals surface area contributed by atoms with Gasteiger partial charge < -0.3 is 9.64 Å². The Hall–Kier alpha value is -2.04. The van der Waals surface area contributed by atoms with Crippen molar-refractivity contribution in [1.82, 2.24) is 4.90 Å². The lowest BCUT2D eigenvalue weighted by molar-refractivity contribution is 0.0358. The van der Waals surface area contributed by atoms with Gasteiger partial charge in [0.05, 0.1) is 5.56 Å². The molecule has 0 N–H and O–H groups in total. The van der Waals surface area contributed by atoms with Crippen molar-refractivity contribution in [2.45, 2.75) is 18.9 Å². The lowest BCUT2D eigenvalue weighted by Gasteiger charge is -2.36. The third-order valence-electron chi connectivity index (χ3n) is 5.26. The Morgan fingerprint density at radius 1 is 1.04 bits per heavy atom. The summed E-state index contributed by atoms with van der Waals surface area (Å²) < 4.78 is 5.53. The molecule has 0 saturated carbocycles. The minimum absolute atomic E-state index is 0.0774. The molecule has 1 saturated heterocycles. The highest BCUT2D eigenvalue weighted by molar-refractivity contribution is 6.30. The molecule has 0 amide bonds. The number of cyclic esters (lactones) is 1. The van der Waals surface area contributed by atoms with Crippen molar-refractivity contribution in [2.24, 2.45) is 0 Å². The van der Waals surface area contributed by atoms with E-state index in [1.54, 1.807) is 0 Å². The zero-order valence-electron chi connectivity index (χ0n) is 14.7. The molecule has 136 valence electrons. The molecule has 1 fully saturated rings. The van der Waals surface area contributed by atoms with Crippen LogP contribution in [0.2, 0.25) is 5.02 Å². The highest BCUT2D eigenvalue weighted by Crippen LogP contribution is 2.33. The summed E-state index contributed by atoms with van der Waals surface area (Å²) in [7, 11) is 0. The van der Waals surface area contributed by atoms with Gasteiger partial charge in [-0.2, -0.15) is 0 Å². The van der Waals surface area contributed by atoms with Gasteiger partial charge in [0, 0.05) is 42.5 Å². The van der Waals surface area contributed by atoms with Gasteiger partial charge in [-0.25, -0.2) is 4.79 Å². The zero-order valence-corrected chi connectivity index (χ0v) is 15.5. The molecule has 2 aliphatic rings. The Morgan fingerprint density at radius 3 is 2.65 bits per heavy atom. The quantitative estimate of drug-likeness (QED) is 0.740. The van der Waals surface area contributed by atoms with E-state index in [4.69, 9.17) is 16.3 Å². The van der Waals surface area contributed by atoms with Gasteiger partial charge in [0.15, 0.2) is 0 Å². The van der Waals surface area contributed by atoms with Crippen molar-refractivity contribution in [1.29, 1.82) is 0 Å². The molecule has 1 atom stereocenters. The Kier molecular flexibility index (Phi) is 5.14. The topological polar surface area (TPSA) is 32.8 Å². The molecular weight excluding hydrogens is 348 g/mol. The summed E-state index contributed by atoms with van der Waals surface area (Å²) in [5, 5.41) is 0.788. The predicted molar refractivity (Wildman–Crippen MR) is 104 cm³/mol.